The van der Waals surface area contributed by atoms with Gasteiger partial charge in [0.15, 0.2) is 0 Å². The molecule has 1 aromatic carbocycles. The molecular weight excluding hydrogens is 427 g/mol. The molecule has 1 heterocycles. The van der Waals surface area contributed by atoms with Gasteiger partial charge in [0.25, 0.3) is 5.91 Å². The van der Waals surface area contributed by atoms with Crippen molar-refractivity contribution in [3.05, 3.63) is 39.2 Å². The lowest BCUT2D eigenvalue weighted by Crippen LogP contribution is -2.29. The summed E-state index contributed by atoms with van der Waals surface area (Å²) in [6.45, 7) is 0.152. The van der Waals surface area contributed by atoms with Crippen molar-refractivity contribution in [2.45, 2.75) is 4.21 Å². The maximum atomic E-state index is 12.1. The van der Waals surface area contributed by atoms with Crippen molar-refractivity contribution in [1.29, 1.82) is 0 Å². The number of hydrogen-bond acceptors (Lipinski definition) is 8. The fourth-order valence-electron chi connectivity index (χ4n) is 1.93. The highest BCUT2D eigenvalue weighted by molar-refractivity contribution is 7.91. The molecule has 0 spiro atoms. The molecule has 1 aromatic heterocycles. The van der Waals surface area contributed by atoms with Crippen LogP contribution in [0, 0.1) is 0 Å². The molecule has 6 N–H and O–H groups in total. The summed E-state index contributed by atoms with van der Waals surface area (Å²) in [6.07, 6.45) is 0. The van der Waals surface area contributed by atoms with Crippen molar-refractivity contribution in [3.63, 3.8) is 0 Å². The van der Waals surface area contributed by atoms with E-state index in [1.807, 2.05) is 5.48 Å². The summed E-state index contributed by atoms with van der Waals surface area (Å²) in [5.74, 6) is -0.798. The van der Waals surface area contributed by atoms with Crippen molar-refractivity contribution < 1.29 is 23.6 Å². The number of carbonyl (C=O) groups excluding carboxylic acids is 1. The van der Waals surface area contributed by atoms with Gasteiger partial charge in [0.1, 0.15) is 8.55 Å². The Labute approximate surface area is 162 Å². The lowest BCUT2D eigenvalue weighted by molar-refractivity contribution is 0.0707. The first-order valence-electron chi connectivity index (χ1n) is 6.95. The Bertz CT molecular complexity index is 884. The third-order valence-corrected chi connectivity index (χ3v) is 6.91. The maximum absolute atomic E-state index is 12.1. The van der Waals surface area contributed by atoms with E-state index < -0.39 is 15.9 Å². The molecule has 2 rings (SSSR count). The van der Waals surface area contributed by atoms with Crippen LogP contribution < -0.4 is 21.0 Å². The summed E-state index contributed by atoms with van der Waals surface area (Å²) in [5, 5.41) is 20.7. The van der Waals surface area contributed by atoms with Gasteiger partial charge in [0, 0.05) is 18.8 Å². The topological polar surface area (TPSA) is 140 Å². The molecule has 0 aliphatic heterocycles. The van der Waals surface area contributed by atoms with Crippen molar-refractivity contribution in [3.8, 4) is 0 Å². The number of anilines is 2. The Morgan fingerprint density at radius 3 is 2.46 bits per heavy atom. The first kappa shape index (κ1) is 20.7. The third kappa shape index (κ3) is 4.98. The molecule has 1 amide bonds. The van der Waals surface area contributed by atoms with Crippen LogP contribution in [0.4, 0.5) is 11.4 Å². The van der Waals surface area contributed by atoms with Crippen LogP contribution in [0.1, 0.15) is 10.4 Å². The van der Waals surface area contributed by atoms with Crippen LogP contribution in [0.25, 0.3) is 0 Å². The quantitative estimate of drug-likeness (QED) is 0.210. The summed E-state index contributed by atoms with van der Waals surface area (Å²) in [7, 11) is -3.76. The highest BCUT2D eigenvalue weighted by atomic mass is 35.5. The van der Waals surface area contributed by atoms with Crippen molar-refractivity contribution in [1.82, 2.24) is 10.2 Å². The lowest BCUT2D eigenvalue weighted by Gasteiger charge is -2.12. The number of hydroxylamine groups is 1. The summed E-state index contributed by atoms with van der Waals surface area (Å²) >= 11 is 12.4. The summed E-state index contributed by atoms with van der Waals surface area (Å²) in [5.41, 5.74) is 3.99. The molecule has 142 valence electrons. The number of amides is 1. The van der Waals surface area contributed by atoms with Crippen LogP contribution in [0.2, 0.25) is 9.36 Å². The van der Waals surface area contributed by atoms with E-state index in [2.05, 4.69) is 10.0 Å². The maximum Gasteiger partial charge on any atom is 0.276 e. The highest BCUT2D eigenvalue weighted by Gasteiger charge is 2.19. The van der Waals surface area contributed by atoms with E-state index in [4.69, 9.17) is 33.6 Å². The van der Waals surface area contributed by atoms with Gasteiger partial charge in [-0.1, -0.05) is 23.2 Å². The Balaban J connectivity index is 2.00. The largest absolute Gasteiger partial charge is 0.383 e. The molecule has 0 fully saturated rings. The van der Waals surface area contributed by atoms with Gasteiger partial charge in [-0.05, 0) is 24.3 Å². The summed E-state index contributed by atoms with van der Waals surface area (Å²) < 4.78 is 26.8. The first-order chi connectivity index (χ1) is 12.3. The minimum atomic E-state index is -3.76. The summed E-state index contributed by atoms with van der Waals surface area (Å²) in [4.78, 5) is 11.7. The SMILES string of the molecule is O=C(NO)c1cc(NO)ccc1NCCNS(=O)(=O)c1cc(Cl)c(Cl)s1. The molecule has 0 aliphatic carbocycles. The van der Waals surface area contributed by atoms with Crippen molar-refractivity contribution in [2.75, 3.05) is 23.9 Å². The molecule has 0 radical (unpaired) electrons. The summed E-state index contributed by atoms with van der Waals surface area (Å²) in [6, 6.07) is 5.52. The fourth-order valence-corrected chi connectivity index (χ4v) is 4.89. The molecule has 13 heteroatoms. The molecule has 0 aliphatic rings. The normalized spacial score (nSPS) is 11.2. The second-order valence-corrected chi connectivity index (χ2v) is 8.88. The van der Waals surface area contributed by atoms with Crippen molar-refractivity contribution in [2.24, 2.45) is 0 Å². The zero-order valence-corrected chi connectivity index (χ0v) is 16.1. The van der Waals surface area contributed by atoms with Gasteiger partial charge in [-0.15, -0.1) is 11.3 Å². The zero-order valence-electron chi connectivity index (χ0n) is 12.9. The van der Waals surface area contributed by atoms with E-state index in [9.17, 15) is 13.2 Å². The second-order valence-electron chi connectivity index (χ2n) is 4.82. The Kier molecular flexibility index (Phi) is 7.06. The molecule has 2 aromatic rings. The van der Waals surface area contributed by atoms with Gasteiger partial charge in [-0.3, -0.25) is 20.7 Å². The molecule has 0 saturated carbocycles. The molecule has 0 unspecified atom stereocenters. The Morgan fingerprint density at radius 1 is 1.15 bits per heavy atom. The number of carbonyl (C=O) groups is 1. The fraction of sp³-hybridized carbons (Fsp3) is 0.154. The Morgan fingerprint density at radius 2 is 1.88 bits per heavy atom. The Hall–Kier alpha value is -1.60. The van der Waals surface area contributed by atoms with E-state index >= 15 is 0 Å². The predicted molar refractivity (Wildman–Crippen MR) is 99.1 cm³/mol. The average Bonchev–Trinajstić information content (AvgIpc) is 2.98. The van der Waals surface area contributed by atoms with E-state index in [-0.39, 0.29) is 37.9 Å². The van der Waals surface area contributed by atoms with Crippen molar-refractivity contribution >= 4 is 61.8 Å². The smallest absolute Gasteiger partial charge is 0.276 e. The molecule has 0 bridgehead atoms. The van der Waals surface area contributed by atoms with E-state index in [0.717, 1.165) is 11.3 Å². The number of thiophene rings is 1. The van der Waals surface area contributed by atoms with E-state index in [0.29, 0.717) is 5.69 Å². The lowest BCUT2D eigenvalue weighted by atomic mass is 10.1. The molecule has 0 saturated heterocycles. The minimum absolute atomic E-state index is 0.00813. The zero-order chi connectivity index (χ0) is 19.3. The average molecular weight is 441 g/mol. The van der Waals surface area contributed by atoms with Gasteiger partial charge < -0.3 is 5.32 Å². The van der Waals surface area contributed by atoms with Gasteiger partial charge in [-0.25, -0.2) is 18.6 Å². The first-order valence-corrected chi connectivity index (χ1v) is 10.0. The van der Waals surface area contributed by atoms with Gasteiger partial charge in [0.05, 0.1) is 16.3 Å². The van der Waals surface area contributed by atoms with E-state index in [1.165, 1.54) is 29.7 Å². The monoisotopic (exact) mass is 440 g/mol. The van der Waals surface area contributed by atoms with Crippen LogP contribution >= 0.6 is 34.5 Å². The standard InChI is InChI=1S/C13H14Cl2N4O5S2/c14-9-6-11(25-12(9)15)26(23,24)17-4-3-16-10-2-1-7(18-21)5-8(10)13(20)19-22/h1-2,5-6,16-18,21-22H,3-4H2,(H,19,20). The predicted octanol–water partition coefficient (Wildman–Crippen LogP) is 2.37. The molecule has 9 nitrogen and oxygen atoms in total. The van der Waals surface area contributed by atoms with Crippen LogP contribution in [-0.4, -0.2) is 37.8 Å². The molecular formula is C13H14Cl2N4O5S2. The number of hydrogen-bond donors (Lipinski definition) is 6. The number of nitrogens with one attached hydrogen (secondary N) is 4. The van der Waals surface area contributed by atoms with E-state index in [1.54, 1.807) is 0 Å². The van der Waals surface area contributed by atoms with Gasteiger partial charge in [0.2, 0.25) is 10.0 Å². The van der Waals surface area contributed by atoms with Gasteiger partial charge in [-0.2, -0.15) is 0 Å². The van der Waals surface area contributed by atoms with Gasteiger partial charge >= 0.3 is 0 Å². The van der Waals surface area contributed by atoms with Crippen LogP contribution in [-0.2, 0) is 10.0 Å². The number of sulfonamides is 1. The number of benzene rings is 1. The molecule has 26 heavy (non-hydrogen) atoms. The number of halogens is 2. The van der Waals surface area contributed by atoms with Crippen LogP contribution in [0.15, 0.2) is 28.5 Å². The second kappa shape index (κ2) is 8.86. The van der Waals surface area contributed by atoms with Crippen LogP contribution in [0.3, 0.4) is 0 Å². The number of rotatable bonds is 8. The highest BCUT2D eigenvalue weighted by Crippen LogP contribution is 2.34. The third-order valence-electron chi connectivity index (χ3n) is 3.11. The minimum Gasteiger partial charge on any atom is -0.383 e. The van der Waals surface area contributed by atoms with Crippen LogP contribution in [0.5, 0.6) is 0 Å². The molecule has 0 atom stereocenters.